The zero-order valence-corrected chi connectivity index (χ0v) is 11.4. The fourth-order valence-corrected chi connectivity index (χ4v) is 2.16. The molecule has 0 saturated heterocycles. The first-order valence-electron chi connectivity index (χ1n) is 6.02. The molecule has 0 amide bonds. The molecule has 4 nitrogen and oxygen atoms in total. The van der Waals surface area contributed by atoms with Crippen LogP contribution in [0.1, 0.15) is 19.4 Å². The zero-order chi connectivity index (χ0) is 13.2. The predicted molar refractivity (Wildman–Crippen MR) is 75.5 cm³/mol. The van der Waals surface area contributed by atoms with Crippen LogP contribution < -0.4 is 11.0 Å². The molecule has 0 bridgehead atoms. The molecule has 1 aromatic carbocycles. The number of nitrogens with one attached hydrogen (secondary N) is 3. The van der Waals surface area contributed by atoms with Gasteiger partial charge in [-0.05, 0) is 17.7 Å². The lowest BCUT2D eigenvalue weighted by molar-refractivity contribution is 0.479. The lowest BCUT2D eigenvalue weighted by atomic mass is 9.84. The van der Waals surface area contributed by atoms with Crippen molar-refractivity contribution in [2.24, 2.45) is 0 Å². The SMILES string of the molecule is CC(C)(CNCCCl)c1ccc2[nH]c(=O)[nH]c2c1. The van der Waals surface area contributed by atoms with E-state index < -0.39 is 0 Å². The van der Waals surface area contributed by atoms with Crippen LogP contribution in [0.15, 0.2) is 23.0 Å². The van der Waals surface area contributed by atoms with Crippen molar-refractivity contribution in [2.75, 3.05) is 19.0 Å². The summed E-state index contributed by atoms with van der Waals surface area (Å²) >= 11 is 5.65. The predicted octanol–water partition coefficient (Wildman–Crippen LogP) is 1.96. The van der Waals surface area contributed by atoms with E-state index in [1.165, 1.54) is 5.56 Å². The van der Waals surface area contributed by atoms with Gasteiger partial charge >= 0.3 is 5.69 Å². The van der Waals surface area contributed by atoms with Gasteiger partial charge < -0.3 is 15.3 Å². The van der Waals surface area contributed by atoms with Crippen molar-refractivity contribution in [3.63, 3.8) is 0 Å². The first-order chi connectivity index (χ1) is 8.53. The van der Waals surface area contributed by atoms with Gasteiger partial charge in [-0.3, -0.25) is 0 Å². The van der Waals surface area contributed by atoms with Gasteiger partial charge in [0.1, 0.15) is 0 Å². The summed E-state index contributed by atoms with van der Waals surface area (Å²) in [5, 5.41) is 3.32. The molecule has 0 aliphatic rings. The monoisotopic (exact) mass is 267 g/mol. The molecule has 0 unspecified atom stereocenters. The van der Waals surface area contributed by atoms with Crippen LogP contribution in [-0.4, -0.2) is 28.9 Å². The van der Waals surface area contributed by atoms with Crippen molar-refractivity contribution in [2.45, 2.75) is 19.3 Å². The Morgan fingerprint density at radius 3 is 2.72 bits per heavy atom. The number of benzene rings is 1. The van der Waals surface area contributed by atoms with E-state index in [9.17, 15) is 4.79 Å². The van der Waals surface area contributed by atoms with Gasteiger partial charge in [0.2, 0.25) is 0 Å². The fraction of sp³-hybridized carbons (Fsp3) is 0.462. The Morgan fingerprint density at radius 1 is 1.28 bits per heavy atom. The van der Waals surface area contributed by atoms with E-state index in [1.54, 1.807) is 0 Å². The molecule has 0 aliphatic carbocycles. The van der Waals surface area contributed by atoms with Crippen LogP contribution in [0.25, 0.3) is 11.0 Å². The molecular formula is C13H18ClN3O. The molecule has 0 spiro atoms. The van der Waals surface area contributed by atoms with E-state index in [2.05, 4.69) is 35.2 Å². The van der Waals surface area contributed by atoms with Gasteiger partial charge in [0.25, 0.3) is 0 Å². The molecule has 0 fully saturated rings. The van der Waals surface area contributed by atoms with Gasteiger partial charge in [-0.25, -0.2) is 4.79 Å². The third-order valence-electron chi connectivity index (χ3n) is 3.14. The molecule has 0 atom stereocenters. The van der Waals surface area contributed by atoms with Gasteiger partial charge in [0.15, 0.2) is 0 Å². The highest BCUT2D eigenvalue weighted by Gasteiger charge is 2.20. The minimum Gasteiger partial charge on any atom is -0.315 e. The van der Waals surface area contributed by atoms with E-state index in [0.29, 0.717) is 5.88 Å². The third kappa shape index (κ3) is 2.76. The number of hydrogen-bond donors (Lipinski definition) is 3. The largest absolute Gasteiger partial charge is 0.323 e. The Kier molecular flexibility index (Phi) is 3.78. The van der Waals surface area contributed by atoms with Crippen LogP contribution in [0.2, 0.25) is 0 Å². The second-order valence-electron chi connectivity index (χ2n) is 5.09. The molecule has 0 aliphatic heterocycles. The van der Waals surface area contributed by atoms with E-state index in [4.69, 9.17) is 11.6 Å². The minimum atomic E-state index is -0.166. The highest BCUT2D eigenvalue weighted by atomic mass is 35.5. The number of hydrogen-bond acceptors (Lipinski definition) is 2. The lowest BCUT2D eigenvalue weighted by Gasteiger charge is -2.25. The highest BCUT2D eigenvalue weighted by molar-refractivity contribution is 6.18. The second-order valence-corrected chi connectivity index (χ2v) is 5.47. The number of aromatic nitrogens is 2. The third-order valence-corrected chi connectivity index (χ3v) is 3.32. The summed E-state index contributed by atoms with van der Waals surface area (Å²) in [6.45, 7) is 5.98. The molecular weight excluding hydrogens is 250 g/mol. The van der Waals surface area contributed by atoms with Crippen LogP contribution in [0.4, 0.5) is 0 Å². The number of fused-ring (bicyclic) bond motifs is 1. The molecule has 0 saturated carbocycles. The van der Waals surface area contributed by atoms with Crippen molar-refractivity contribution < 1.29 is 0 Å². The Labute approximate surface area is 111 Å². The molecule has 5 heteroatoms. The van der Waals surface area contributed by atoms with Gasteiger partial charge in [0.05, 0.1) is 11.0 Å². The summed E-state index contributed by atoms with van der Waals surface area (Å²) < 4.78 is 0. The van der Waals surface area contributed by atoms with Crippen LogP contribution >= 0.6 is 11.6 Å². The summed E-state index contributed by atoms with van der Waals surface area (Å²) in [6.07, 6.45) is 0. The number of H-pyrrole nitrogens is 2. The average molecular weight is 268 g/mol. The van der Waals surface area contributed by atoms with Crippen LogP contribution in [0.5, 0.6) is 0 Å². The smallest absolute Gasteiger partial charge is 0.315 e. The van der Waals surface area contributed by atoms with Crippen molar-refractivity contribution in [1.82, 2.24) is 15.3 Å². The van der Waals surface area contributed by atoms with E-state index in [0.717, 1.165) is 24.1 Å². The van der Waals surface area contributed by atoms with E-state index in [1.807, 2.05) is 12.1 Å². The fourth-order valence-electron chi connectivity index (χ4n) is 2.02. The average Bonchev–Trinajstić information content (AvgIpc) is 2.68. The quantitative estimate of drug-likeness (QED) is 0.573. The number of imidazole rings is 1. The van der Waals surface area contributed by atoms with Gasteiger partial charge in [-0.1, -0.05) is 19.9 Å². The Bertz CT molecular complexity index is 585. The maximum absolute atomic E-state index is 11.2. The number of alkyl halides is 1. The Balaban J connectivity index is 2.25. The first kappa shape index (κ1) is 13.2. The van der Waals surface area contributed by atoms with Crippen LogP contribution in [0.3, 0.4) is 0 Å². The molecule has 3 N–H and O–H groups in total. The van der Waals surface area contributed by atoms with Gasteiger partial charge in [0, 0.05) is 24.4 Å². The molecule has 0 radical (unpaired) electrons. The number of aromatic amines is 2. The van der Waals surface area contributed by atoms with Crippen molar-refractivity contribution >= 4 is 22.6 Å². The molecule has 2 aromatic rings. The maximum Gasteiger partial charge on any atom is 0.323 e. The van der Waals surface area contributed by atoms with Crippen LogP contribution in [-0.2, 0) is 5.41 Å². The minimum absolute atomic E-state index is 0.00555. The van der Waals surface area contributed by atoms with Crippen molar-refractivity contribution in [3.8, 4) is 0 Å². The van der Waals surface area contributed by atoms with Gasteiger partial charge in [-0.15, -0.1) is 11.6 Å². The Morgan fingerprint density at radius 2 is 2.00 bits per heavy atom. The maximum atomic E-state index is 11.2. The Hall–Kier alpha value is -1.26. The second kappa shape index (κ2) is 5.16. The van der Waals surface area contributed by atoms with Crippen molar-refractivity contribution in [1.29, 1.82) is 0 Å². The normalized spacial score (nSPS) is 12.2. The highest BCUT2D eigenvalue weighted by Crippen LogP contribution is 2.24. The van der Waals surface area contributed by atoms with Crippen molar-refractivity contribution in [3.05, 3.63) is 34.2 Å². The summed E-state index contributed by atoms with van der Waals surface area (Å²) in [7, 11) is 0. The topological polar surface area (TPSA) is 60.7 Å². The van der Waals surface area contributed by atoms with E-state index in [-0.39, 0.29) is 11.1 Å². The zero-order valence-electron chi connectivity index (χ0n) is 10.6. The summed E-state index contributed by atoms with van der Waals surface area (Å²) in [6, 6.07) is 6.01. The first-order valence-corrected chi connectivity index (χ1v) is 6.55. The molecule has 2 rings (SSSR count). The number of halogens is 1. The summed E-state index contributed by atoms with van der Waals surface area (Å²) in [5.41, 5.74) is 2.71. The molecule has 18 heavy (non-hydrogen) atoms. The number of rotatable bonds is 5. The molecule has 1 heterocycles. The van der Waals surface area contributed by atoms with Gasteiger partial charge in [-0.2, -0.15) is 0 Å². The standard InChI is InChI=1S/C13H18ClN3O/c1-13(2,8-15-6-5-14)9-3-4-10-11(7-9)17-12(18)16-10/h3-4,7,15H,5-6,8H2,1-2H3,(H2,16,17,18). The molecule has 1 aromatic heterocycles. The lowest BCUT2D eigenvalue weighted by Crippen LogP contribution is -2.33. The van der Waals surface area contributed by atoms with E-state index >= 15 is 0 Å². The summed E-state index contributed by atoms with van der Waals surface area (Å²) in [4.78, 5) is 16.8. The van der Waals surface area contributed by atoms with Crippen LogP contribution in [0, 0.1) is 0 Å². The summed E-state index contributed by atoms with van der Waals surface area (Å²) in [5.74, 6) is 0.611. The molecule has 98 valence electrons.